The first-order valence-corrected chi connectivity index (χ1v) is 8.42. The lowest BCUT2D eigenvalue weighted by Crippen LogP contribution is -2.24. The summed E-state index contributed by atoms with van der Waals surface area (Å²) in [6.07, 6.45) is 1.36. The molecule has 1 amide bonds. The van der Waals surface area contributed by atoms with Crippen LogP contribution in [0.15, 0.2) is 35.4 Å². The Hall–Kier alpha value is -3.04. The van der Waals surface area contributed by atoms with Gasteiger partial charge in [-0.3, -0.25) is 14.9 Å². The van der Waals surface area contributed by atoms with Gasteiger partial charge in [-0.1, -0.05) is 29.3 Å². The van der Waals surface area contributed by atoms with Gasteiger partial charge in [0, 0.05) is 16.7 Å². The summed E-state index contributed by atoms with van der Waals surface area (Å²) in [6, 6.07) is 7.51. The van der Waals surface area contributed by atoms with Crippen LogP contribution in [-0.2, 0) is 4.79 Å². The van der Waals surface area contributed by atoms with Crippen molar-refractivity contribution in [2.75, 3.05) is 20.8 Å². The molecule has 2 rings (SSSR count). The predicted octanol–water partition coefficient (Wildman–Crippen LogP) is 3.45. The van der Waals surface area contributed by atoms with E-state index in [9.17, 15) is 14.9 Å². The van der Waals surface area contributed by atoms with Gasteiger partial charge < -0.3 is 14.2 Å². The van der Waals surface area contributed by atoms with Crippen molar-refractivity contribution in [1.29, 1.82) is 0 Å². The maximum absolute atomic E-state index is 11.9. The Morgan fingerprint density at radius 2 is 2.00 bits per heavy atom. The molecule has 0 saturated heterocycles. The number of nitrogens with zero attached hydrogens (tertiary/aromatic N) is 2. The van der Waals surface area contributed by atoms with Crippen molar-refractivity contribution in [1.82, 2.24) is 5.43 Å². The lowest BCUT2D eigenvalue weighted by molar-refractivity contribution is -0.385. The number of ether oxygens (including phenoxy) is 3. The van der Waals surface area contributed by atoms with E-state index in [-0.39, 0.29) is 15.8 Å². The topological polar surface area (TPSA) is 112 Å². The quantitative estimate of drug-likeness (QED) is 0.392. The van der Waals surface area contributed by atoms with Crippen LogP contribution in [0.2, 0.25) is 10.0 Å². The minimum absolute atomic E-state index is 0.0744. The molecule has 0 bridgehead atoms. The normalized spacial score (nSPS) is 10.6. The Morgan fingerprint density at radius 3 is 2.64 bits per heavy atom. The van der Waals surface area contributed by atoms with Crippen LogP contribution in [-0.4, -0.2) is 37.9 Å². The van der Waals surface area contributed by atoms with E-state index in [0.717, 1.165) is 6.07 Å². The minimum Gasteiger partial charge on any atom is -0.493 e. The highest BCUT2D eigenvalue weighted by atomic mass is 35.5. The van der Waals surface area contributed by atoms with Crippen LogP contribution in [0, 0.1) is 10.1 Å². The third-order valence-corrected chi connectivity index (χ3v) is 3.86. The molecule has 0 radical (unpaired) electrons. The van der Waals surface area contributed by atoms with E-state index < -0.39 is 23.1 Å². The Kier molecular flexibility index (Phi) is 7.42. The maximum atomic E-state index is 11.9. The van der Waals surface area contributed by atoms with Gasteiger partial charge in [-0.15, -0.1) is 0 Å². The smallest absolute Gasteiger partial charge is 0.314 e. The van der Waals surface area contributed by atoms with Crippen molar-refractivity contribution >= 4 is 41.0 Å². The van der Waals surface area contributed by atoms with E-state index in [1.807, 2.05) is 0 Å². The summed E-state index contributed by atoms with van der Waals surface area (Å²) in [6.45, 7) is -0.547. The molecule has 0 unspecified atom stereocenters. The number of carbonyl (C=O) groups excluding carboxylic acids is 1. The van der Waals surface area contributed by atoms with Crippen molar-refractivity contribution in [3.63, 3.8) is 0 Å². The number of hydrazone groups is 1. The minimum atomic E-state index is -0.710. The van der Waals surface area contributed by atoms with E-state index in [1.54, 1.807) is 18.2 Å². The van der Waals surface area contributed by atoms with Gasteiger partial charge >= 0.3 is 5.69 Å². The fraction of sp³-hybridized carbons (Fsp3) is 0.176. The fourth-order valence-corrected chi connectivity index (χ4v) is 2.72. The molecule has 0 saturated carbocycles. The third-order valence-electron chi connectivity index (χ3n) is 3.36. The van der Waals surface area contributed by atoms with Crippen LogP contribution in [0.5, 0.6) is 17.2 Å². The molecule has 0 aliphatic carbocycles. The number of halogens is 2. The second kappa shape index (κ2) is 9.77. The number of rotatable bonds is 8. The Balaban J connectivity index is 2.03. The predicted molar refractivity (Wildman–Crippen MR) is 104 cm³/mol. The van der Waals surface area contributed by atoms with Crippen LogP contribution in [0.25, 0.3) is 0 Å². The van der Waals surface area contributed by atoms with E-state index in [1.165, 1.54) is 26.5 Å². The van der Waals surface area contributed by atoms with Crippen molar-refractivity contribution in [2.24, 2.45) is 5.10 Å². The van der Waals surface area contributed by atoms with Crippen molar-refractivity contribution in [3.05, 3.63) is 56.1 Å². The van der Waals surface area contributed by atoms with Crippen molar-refractivity contribution in [2.45, 2.75) is 0 Å². The summed E-state index contributed by atoms with van der Waals surface area (Å²) in [5.74, 6) is 0.0386. The van der Waals surface area contributed by atoms with Gasteiger partial charge in [-0.05, 0) is 18.2 Å². The molecule has 0 fully saturated rings. The van der Waals surface area contributed by atoms with Gasteiger partial charge in [0.2, 0.25) is 5.75 Å². The number of nitrogens with one attached hydrogen (secondary N) is 1. The number of nitro groups is 1. The zero-order valence-electron chi connectivity index (χ0n) is 14.8. The molecule has 0 aromatic heterocycles. The number of carbonyl (C=O) groups is 1. The average Bonchev–Trinajstić information content (AvgIpc) is 2.66. The summed E-state index contributed by atoms with van der Waals surface area (Å²) >= 11 is 11.6. The molecular formula is C17H15Cl2N3O6. The summed E-state index contributed by atoms with van der Waals surface area (Å²) in [5, 5.41) is 14.9. The van der Waals surface area contributed by atoms with Crippen LogP contribution in [0.1, 0.15) is 5.56 Å². The summed E-state index contributed by atoms with van der Waals surface area (Å²) in [7, 11) is 2.98. The molecule has 2 aromatic carbocycles. The van der Waals surface area contributed by atoms with Gasteiger partial charge in [0.15, 0.2) is 18.1 Å². The van der Waals surface area contributed by atoms with E-state index in [0.29, 0.717) is 17.1 Å². The second-order valence-electron chi connectivity index (χ2n) is 5.16. The summed E-state index contributed by atoms with van der Waals surface area (Å²) in [4.78, 5) is 22.3. The number of amides is 1. The third kappa shape index (κ3) is 5.24. The Labute approximate surface area is 169 Å². The SMILES string of the molecule is COc1cccc(/C=N\NC(=O)COc2c(Cl)cc(Cl)cc2[N+](=O)[O-])c1OC. The Morgan fingerprint density at radius 1 is 1.25 bits per heavy atom. The van der Waals surface area contributed by atoms with Crippen LogP contribution >= 0.6 is 23.2 Å². The molecule has 2 aromatic rings. The van der Waals surface area contributed by atoms with Gasteiger partial charge in [-0.25, -0.2) is 5.43 Å². The van der Waals surface area contributed by atoms with Crippen molar-refractivity contribution < 1.29 is 23.9 Å². The Bertz CT molecular complexity index is 920. The second-order valence-corrected chi connectivity index (χ2v) is 6.00. The highest BCUT2D eigenvalue weighted by molar-refractivity contribution is 6.36. The molecule has 148 valence electrons. The molecule has 28 heavy (non-hydrogen) atoms. The van der Waals surface area contributed by atoms with E-state index in [4.69, 9.17) is 37.4 Å². The number of hydrogen-bond acceptors (Lipinski definition) is 7. The van der Waals surface area contributed by atoms with Crippen molar-refractivity contribution in [3.8, 4) is 17.2 Å². The highest BCUT2D eigenvalue weighted by Crippen LogP contribution is 2.37. The fourth-order valence-electron chi connectivity index (χ4n) is 2.18. The molecule has 0 spiro atoms. The van der Waals surface area contributed by atoms with Gasteiger partial charge in [0.25, 0.3) is 5.91 Å². The van der Waals surface area contributed by atoms with Crippen LogP contribution in [0.4, 0.5) is 5.69 Å². The van der Waals surface area contributed by atoms with Crippen LogP contribution in [0.3, 0.4) is 0 Å². The molecule has 0 aliphatic heterocycles. The summed E-state index contributed by atoms with van der Waals surface area (Å²) < 4.78 is 15.6. The first-order valence-electron chi connectivity index (χ1n) is 7.66. The monoisotopic (exact) mass is 427 g/mol. The summed E-state index contributed by atoms with van der Waals surface area (Å²) in [5.41, 5.74) is 2.36. The standard InChI is InChI=1S/C17H15Cl2N3O6/c1-26-14-5-3-4-10(16(14)27-2)8-20-21-15(23)9-28-17-12(19)6-11(18)7-13(17)22(24)25/h3-8H,9H2,1-2H3,(H,21,23)/b20-8-. The molecule has 0 heterocycles. The van der Waals surface area contributed by atoms with Gasteiger partial charge in [0.1, 0.15) is 0 Å². The molecule has 9 nitrogen and oxygen atoms in total. The van der Waals surface area contributed by atoms with Gasteiger partial charge in [-0.2, -0.15) is 5.10 Å². The average molecular weight is 428 g/mol. The lowest BCUT2D eigenvalue weighted by atomic mass is 10.2. The molecule has 0 atom stereocenters. The maximum Gasteiger partial charge on any atom is 0.314 e. The number of nitro benzene ring substituents is 1. The zero-order valence-corrected chi connectivity index (χ0v) is 16.3. The molecule has 11 heteroatoms. The largest absolute Gasteiger partial charge is 0.493 e. The highest BCUT2D eigenvalue weighted by Gasteiger charge is 2.21. The molecule has 0 aliphatic rings. The van der Waals surface area contributed by atoms with E-state index in [2.05, 4.69) is 10.5 Å². The number of hydrogen-bond donors (Lipinski definition) is 1. The van der Waals surface area contributed by atoms with Gasteiger partial charge in [0.05, 0.1) is 30.4 Å². The first kappa shape index (κ1) is 21.3. The molecule has 1 N–H and O–H groups in total. The zero-order chi connectivity index (χ0) is 20.7. The number of methoxy groups -OCH3 is 2. The molecular weight excluding hydrogens is 413 g/mol. The van der Waals surface area contributed by atoms with Crippen LogP contribution < -0.4 is 19.6 Å². The first-order chi connectivity index (χ1) is 13.4. The number of benzene rings is 2. The lowest BCUT2D eigenvalue weighted by Gasteiger charge is -2.09. The number of para-hydroxylation sites is 1. The van der Waals surface area contributed by atoms with E-state index >= 15 is 0 Å².